The molecule has 0 radical (unpaired) electrons. The Bertz CT molecular complexity index is 1460. The fraction of sp³-hybridized carbons (Fsp3) is 0.450. The number of hydrogen-bond donors (Lipinski definition) is 3. The summed E-state index contributed by atoms with van der Waals surface area (Å²) in [6, 6.07) is 7.80. The lowest BCUT2D eigenvalue weighted by atomic mass is 9.74. The molecular weight excluding hydrogens is 494 g/mol. The maximum Gasteiger partial charge on any atom is 0.294 e. The van der Waals surface area contributed by atoms with Crippen LogP contribution in [0, 0.1) is 0 Å². The third-order valence-electron chi connectivity index (χ3n) is 6.18. The van der Waals surface area contributed by atoms with Crippen LogP contribution < -0.4 is 0 Å². The van der Waals surface area contributed by atoms with E-state index in [0.717, 1.165) is 5.71 Å². The van der Waals surface area contributed by atoms with Crippen LogP contribution in [-0.2, 0) is 35.8 Å². The molecular formula is C20H26NO9S3+. The van der Waals surface area contributed by atoms with Crippen molar-refractivity contribution in [1.82, 2.24) is 0 Å². The Morgan fingerprint density at radius 1 is 0.879 bits per heavy atom. The van der Waals surface area contributed by atoms with Gasteiger partial charge in [-0.05, 0) is 48.7 Å². The molecule has 13 heteroatoms. The first-order chi connectivity index (χ1) is 15.0. The van der Waals surface area contributed by atoms with E-state index >= 15 is 0 Å². The first-order valence-corrected chi connectivity index (χ1v) is 14.8. The Kier molecular flexibility index (Phi) is 6.79. The van der Waals surface area contributed by atoms with Crippen molar-refractivity contribution >= 4 is 52.5 Å². The van der Waals surface area contributed by atoms with Gasteiger partial charge >= 0.3 is 0 Å². The van der Waals surface area contributed by atoms with Gasteiger partial charge in [-0.1, -0.05) is 6.07 Å². The van der Waals surface area contributed by atoms with Crippen molar-refractivity contribution in [1.29, 1.82) is 0 Å². The highest BCUT2D eigenvalue weighted by Gasteiger charge is 2.47. The van der Waals surface area contributed by atoms with Crippen molar-refractivity contribution in [2.75, 3.05) is 18.1 Å². The van der Waals surface area contributed by atoms with Crippen molar-refractivity contribution in [3.8, 4) is 0 Å². The molecule has 1 heterocycles. The number of rotatable bonds is 9. The lowest BCUT2D eigenvalue weighted by Crippen LogP contribution is -2.31. The number of fused-ring (bicyclic) bond motifs is 3. The van der Waals surface area contributed by atoms with Gasteiger partial charge in [-0.15, -0.1) is 0 Å². The first-order valence-electron chi connectivity index (χ1n) is 10.1. The summed E-state index contributed by atoms with van der Waals surface area (Å²) in [7, 11) is -12.8. The van der Waals surface area contributed by atoms with E-state index in [2.05, 4.69) is 0 Å². The predicted molar refractivity (Wildman–Crippen MR) is 123 cm³/mol. The van der Waals surface area contributed by atoms with Crippen molar-refractivity contribution < 1.29 is 43.5 Å². The minimum absolute atomic E-state index is 0.124. The quantitative estimate of drug-likeness (QED) is 0.332. The second-order valence-corrected chi connectivity index (χ2v) is 13.0. The van der Waals surface area contributed by atoms with Gasteiger partial charge in [0.15, 0.2) is 5.71 Å². The average molecular weight is 521 g/mol. The van der Waals surface area contributed by atoms with Crippen molar-refractivity contribution in [3.63, 3.8) is 0 Å². The molecule has 0 fully saturated rings. The summed E-state index contributed by atoms with van der Waals surface area (Å²) in [6.07, 6.45) is 0.550. The van der Waals surface area contributed by atoms with Gasteiger partial charge in [0.2, 0.25) is 5.69 Å². The lowest BCUT2D eigenvalue weighted by Gasteiger charge is -2.23. The molecule has 10 nitrogen and oxygen atoms in total. The molecule has 0 amide bonds. The summed E-state index contributed by atoms with van der Waals surface area (Å²) in [5.41, 5.74) is 1.42. The van der Waals surface area contributed by atoms with Crippen LogP contribution in [-0.4, -0.2) is 67.2 Å². The highest BCUT2D eigenvalue weighted by atomic mass is 32.2. The van der Waals surface area contributed by atoms with Crippen LogP contribution in [0.5, 0.6) is 0 Å². The molecule has 0 saturated carbocycles. The Morgan fingerprint density at radius 2 is 1.45 bits per heavy atom. The van der Waals surface area contributed by atoms with Crippen LogP contribution in [0.15, 0.2) is 35.2 Å². The van der Waals surface area contributed by atoms with E-state index in [0.29, 0.717) is 28.4 Å². The van der Waals surface area contributed by atoms with Gasteiger partial charge in [0, 0.05) is 25.0 Å². The van der Waals surface area contributed by atoms with E-state index in [1.165, 1.54) is 12.1 Å². The largest absolute Gasteiger partial charge is 0.294 e. The molecule has 2 aromatic rings. The van der Waals surface area contributed by atoms with Gasteiger partial charge in [-0.3, -0.25) is 13.7 Å². The van der Waals surface area contributed by atoms with E-state index < -0.39 is 47.3 Å². The fourth-order valence-electron chi connectivity index (χ4n) is 4.52. The zero-order chi connectivity index (χ0) is 24.8. The predicted octanol–water partition coefficient (Wildman–Crippen LogP) is 2.41. The van der Waals surface area contributed by atoms with Crippen LogP contribution in [0.25, 0.3) is 10.8 Å². The standard InChI is InChI=1S/C20H25NO9S3/c1-14-20(2,9-3-11-31(22,23)24)19-17-13-16(33(28,29)30)7-5-15(17)6-8-18(19)21(14)10-4-12-32(25,26)27/h5-8,13H,3-4,9-12H2,1-2H3,(H2-,22,23,24,25,26,27,28,29,30)/p+1. The maximum absolute atomic E-state index is 11.7. The maximum atomic E-state index is 11.7. The van der Waals surface area contributed by atoms with Crippen LogP contribution >= 0.6 is 0 Å². The highest BCUT2D eigenvalue weighted by molar-refractivity contribution is 7.86. The van der Waals surface area contributed by atoms with Gasteiger partial charge in [-0.2, -0.15) is 29.8 Å². The molecule has 0 saturated heterocycles. The summed E-state index contributed by atoms with van der Waals surface area (Å²) in [5, 5.41) is 1.25. The topological polar surface area (TPSA) is 166 Å². The number of benzene rings is 2. The summed E-state index contributed by atoms with van der Waals surface area (Å²) >= 11 is 0. The summed E-state index contributed by atoms with van der Waals surface area (Å²) in [5.74, 6) is -0.888. The molecule has 2 aromatic carbocycles. The summed E-state index contributed by atoms with van der Waals surface area (Å²) < 4.78 is 98.0. The third kappa shape index (κ3) is 5.61. The Labute approximate surface area is 193 Å². The molecule has 0 aromatic heterocycles. The molecule has 1 aliphatic rings. The zero-order valence-electron chi connectivity index (χ0n) is 18.1. The summed E-state index contributed by atoms with van der Waals surface area (Å²) in [4.78, 5) is -0.286. The average Bonchev–Trinajstić information content (AvgIpc) is 2.87. The van der Waals surface area contributed by atoms with Crippen LogP contribution in [0.2, 0.25) is 0 Å². The Balaban J connectivity index is 2.18. The van der Waals surface area contributed by atoms with E-state index in [1.807, 2.05) is 24.5 Å². The molecule has 1 unspecified atom stereocenters. The normalized spacial score (nSPS) is 19.3. The first kappa shape index (κ1) is 25.7. The van der Waals surface area contributed by atoms with Crippen molar-refractivity contribution in [2.45, 2.75) is 43.4 Å². The molecule has 3 N–H and O–H groups in total. The van der Waals surface area contributed by atoms with Gasteiger partial charge < -0.3 is 0 Å². The van der Waals surface area contributed by atoms with Crippen molar-refractivity contribution in [2.24, 2.45) is 0 Å². The fourth-order valence-corrected chi connectivity index (χ4v) is 6.03. The highest BCUT2D eigenvalue weighted by Crippen LogP contribution is 2.47. The Morgan fingerprint density at radius 3 is 2.03 bits per heavy atom. The van der Waals surface area contributed by atoms with Crippen LogP contribution in [0.3, 0.4) is 0 Å². The number of hydrogen-bond acceptors (Lipinski definition) is 6. The molecule has 33 heavy (non-hydrogen) atoms. The van der Waals surface area contributed by atoms with Gasteiger partial charge in [0.25, 0.3) is 30.4 Å². The second-order valence-electron chi connectivity index (χ2n) is 8.42. The van der Waals surface area contributed by atoms with Gasteiger partial charge in [-0.25, -0.2) is 0 Å². The zero-order valence-corrected chi connectivity index (χ0v) is 20.5. The molecule has 1 aliphatic heterocycles. The second kappa shape index (κ2) is 8.71. The van der Waals surface area contributed by atoms with Gasteiger partial charge in [0.1, 0.15) is 6.54 Å². The minimum atomic E-state index is -4.47. The van der Waals surface area contributed by atoms with E-state index in [4.69, 9.17) is 9.11 Å². The lowest BCUT2D eigenvalue weighted by molar-refractivity contribution is -0.438. The summed E-state index contributed by atoms with van der Waals surface area (Å²) in [6.45, 7) is 3.93. The van der Waals surface area contributed by atoms with E-state index in [-0.39, 0.29) is 24.3 Å². The van der Waals surface area contributed by atoms with Crippen LogP contribution in [0.1, 0.15) is 38.7 Å². The third-order valence-corrected chi connectivity index (χ3v) is 8.64. The molecule has 182 valence electrons. The van der Waals surface area contributed by atoms with Gasteiger partial charge in [0.05, 0.1) is 21.8 Å². The molecule has 0 spiro atoms. The molecule has 1 atom stereocenters. The molecule has 0 bridgehead atoms. The smallest absolute Gasteiger partial charge is 0.286 e. The SMILES string of the molecule is CC1=[N+](CCCS(=O)(=O)O)c2ccc3ccc(S(=O)(=O)O)cc3c2C1(C)CCCS(=O)(=O)O. The van der Waals surface area contributed by atoms with E-state index in [1.54, 1.807) is 12.1 Å². The number of nitrogens with zero attached hydrogens (tertiary/aromatic N) is 1. The Hall–Kier alpha value is -1.90. The van der Waals surface area contributed by atoms with E-state index in [9.17, 15) is 29.8 Å². The van der Waals surface area contributed by atoms with Crippen LogP contribution in [0.4, 0.5) is 5.69 Å². The molecule has 0 aliphatic carbocycles. The minimum Gasteiger partial charge on any atom is -0.286 e. The monoisotopic (exact) mass is 520 g/mol. The molecule has 3 rings (SSSR count). The van der Waals surface area contributed by atoms with Crippen molar-refractivity contribution in [3.05, 3.63) is 35.9 Å².